The van der Waals surface area contributed by atoms with Gasteiger partial charge in [0.2, 0.25) is 0 Å². The molecule has 1 rings (SSSR count). The zero-order valence-corrected chi connectivity index (χ0v) is 10.5. The number of hydrogen-bond acceptors (Lipinski definition) is 6. The highest BCUT2D eigenvalue weighted by Gasteiger charge is 2.19. The first-order chi connectivity index (χ1) is 7.89. The van der Waals surface area contributed by atoms with Crippen molar-refractivity contribution < 1.29 is 10.2 Å². The van der Waals surface area contributed by atoms with Gasteiger partial charge in [-0.1, -0.05) is 6.92 Å². The average molecular weight is 240 g/mol. The maximum atomic E-state index is 9.68. The Balaban J connectivity index is 2.87. The molecule has 0 amide bonds. The predicted molar refractivity (Wildman–Crippen MR) is 66.8 cm³/mol. The highest BCUT2D eigenvalue weighted by molar-refractivity contribution is 5.54. The van der Waals surface area contributed by atoms with Crippen molar-refractivity contribution in [3.8, 4) is 0 Å². The number of hydrogen-bond donors (Lipinski definition) is 4. The molecule has 6 nitrogen and oxygen atoms in total. The van der Waals surface area contributed by atoms with Gasteiger partial charge in [-0.15, -0.1) is 0 Å². The zero-order chi connectivity index (χ0) is 13.1. The van der Waals surface area contributed by atoms with Crippen molar-refractivity contribution in [3.05, 3.63) is 11.4 Å². The fourth-order valence-corrected chi connectivity index (χ4v) is 1.24. The molecule has 1 heterocycles. The molecule has 0 saturated heterocycles. The minimum absolute atomic E-state index is 0.198. The standard InChI is InChI=1S/C11H20N4O2/c1-4-8-14-9(12)7(2)10(15-8)13-5-11(3,17)6-16/h16-17H,4-6H2,1-3H3,(H3,12,13,14,15). The molecule has 6 heteroatoms. The molecule has 1 atom stereocenters. The zero-order valence-electron chi connectivity index (χ0n) is 10.5. The number of aryl methyl sites for hydroxylation is 1. The van der Waals surface area contributed by atoms with E-state index in [1.807, 2.05) is 13.8 Å². The topological polar surface area (TPSA) is 104 Å². The Morgan fingerprint density at radius 2 is 2.06 bits per heavy atom. The van der Waals surface area contributed by atoms with Crippen molar-refractivity contribution in [2.45, 2.75) is 32.8 Å². The van der Waals surface area contributed by atoms with Crippen LogP contribution in [0.1, 0.15) is 25.2 Å². The minimum Gasteiger partial charge on any atom is -0.393 e. The summed E-state index contributed by atoms with van der Waals surface area (Å²) in [5.74, 6) is 1.69. The number of anilines is 2. The molecule has 0 bridgehead atoms. The van der Waals surface area contributed by atoms with Crippen molar-refractivity contribution in [1.29, 1.82) is 0 Å². The smallest absolute Gasteiger partial charge is 0.134 e. The summed E-state index contributed by atoms with van der Waals surface area (Å²) >= 11 is 0. The summed E-state index contributed by atoms with van der Waals surface area (Å²) < 4.78 is 0. The van der Waals surface area contributed by atoms with Crippen LogP contribution in [0.5, 0.6) is 0 Å². The molecular formula is C11H20N4O2. The molecule has 0 aliphatic rings. The van der Waals surface area contributed by atoms with Gasteiger partial charge in [0.05, 0.1) is 6.61 Å². The van der Waals surface area contributed by atoms with Gasteiger partial charge < -0.3 is 21.3 Å². The summed E-state index contributed by atoms with van der Waals surface area (Å²) in [4.78, 5) is 8.43. The second-order valence-electron chi connectivity index (χ2n) is 4.36. The predicted octanol–water partition coefficient (Wildman–Crippen LogP) is 0.0848. The van der Waals surface area contributed by atoms with E-state index in [9.17, 15) is 5.11 Å². The molecule has 0 aliphatic heterocycles. The van der Waals surface area contributed by atoms with E-state index in [-0.39, 0.29) is 13.2 Å². The van der Waals surface area contributed by atoms with Gasteiger partial charge in [0, 0.05) is 18.5 Å². The third-order valence-electron chi connectivity index (χ3n) is 2.52. The van der Waals surface area contributed by atoms with E-state index in [2.05, 4.69) is 15.3 Å². The molecule has 1 aromatic heterocycles. The SMILES string of the molecule is CCc1nc(N)c(C)c(NCC(C)(O)CO)n1. The van der Waals surface area contributed by atoms with Crippen LogP contribution >= 0.6 is 0 Å². The Kier molecular flexibility index (Phi) is 4.25. The van der Waals surface area contributed by atoms with Gasteiger partial charge in [-0.3, -0.25) is 0 Å². The summed E-state index contributed by atoms with van der Waals surface area (Å²) in [5.41, 5.74) is 5.33. The Hall–Kier alpha value is -1.40. The Morgan fingerprint density at radius 1 is 1.41 bits per heavy atom. The van der Waals surface area contributed by atoms with Crippen molar-refractivity contribution in [1.82, 2.24) is 9.97 Å². The van der Waals surface area contributed by atoms with Crippen LogP contribution in [0, 0.1) is 6.92 Å². The lowest BCUT2D eigenvalue weighted by molar-refractivity contribution is 0.0131. The monoisotopic (exact) mass is 240 g/mol. The number of aliphatic hydroxyl groups is 2. The number of nitrogens with two attached hydrogens (primary N) is 1. The Morgan fingerprint density at radius 3 is 2.59 bits per heavy atom. The summed E-state index contributed by atoms with van der Waals surface area (Å²) in [6.07, 6.45) is 0.690. The van der Waals surface area contributed by atoms with Crippen molar-refractivity contribution in [2.24, 2.45) is 0 Å². The molecule has 0 radical (unpaired) electrons. The highest BCUT2D eigenvalue weighted by atomic mass is 16.3. The maximum Gasteiger partial charge on any atom is 0.134 e. The van der Waals surface area contributed by atoms with Gasteiger partial charge in [0.1, 0.15) is 23.1 Å². The van der Waals surface area contributed by atoms with E-state index >= 15 is 0 Å². The Bertz CT molecular complexity index is 393. The van der Waals surface area contributed by atoms with Crippen molar-refractivity contribution in [3.63, 3.8) is 0 Å². The van der Waals surface area contributed by atoms with Gasteiger partial charge in [-0.2, -0.15) is 0 Å². The van der Waals surface area contributed by atoms with Crippen LogP contribution in [-0.4, -0.2) is 38.9 Å². The van der Waals surface area contributed by atoms with Crippen LogP contribution in [0.4, 0.5) is 11.6 Å². The second kappa shape index (κ2) is 5.29. The normalized spacial score (nSPS) is 14.4. The number of nitrogen functional groups attached to an aromatic ring is 1. The van der Waals surface area contributed by atoms with Crippen molar-refractivity contribution in [2.75, 3.05) is 24.2 Å². The lowest BCUT2D eigenvalue weighted by atomic mass is 10.1. The second-order valence-corrected chi connectivity index (χ2v) is 4.36. The molecule has 96 valence electrons. The summed E-state index contributed by atoms with van der Waals surface area (Å²) in [5, 5.41) is 21.6. The van der Waals surface area contributed by atoms with Gasteiger partial charge in [-0.05, 0) is 13.8 Å². The highest BCUT2D eigenvalue weighted by Crippen LogP contribution is 2.18. The number of aliphatic hydroxyl groups excluding tert-OH is 1. The van der Waals surface area contributed by atoms with Crippen LogP contribution in [-0.2, 0) is 6.42 Å². The molecule has 0 saturated carbocycles. The molecule has 0 fully saturated rings. The van der Waals surface area contributed by atoms with E-state index in [4.69, 9.17) is 10.8 Å². The van der Waals surface area contributed by atoms with Gasteiger partial charge >= 0.3 is 0 Å². The number of nitrogens with one attached hydrogen (secondary N) is 1. The van der Waals surface area contributed by atoms with Crippen LogP contribution < -0.4 is 11.1 Å². The van der Waals surface area contributed by atoms with E-state index < -0.39 is 5.60 Å². The lowest BCUT2D eigenvalue weighted by Crippen LogP contribution is -2.37. The van der Waals surface area contributed by atoms with Gasteiger partial charge in [-0.25, -0.2) is 9.97 Å². The maximum absolute atomic E-state index is 9.68. The first-order valence-electron chi connectivity index (χ1n) is 5.59. The summed E-state index contributed by atoms with van der Waals surface area (Å²) in [6, 6.07) is 0. The average Bonchev–Trinajstić information content (AvgIpc) is 2.31. The molecular weight excluding hydrogens is 220 g/mol. The molecule has 0 spiro atoms. The Labute approximate surface area is 101 Å². The molecule has 1 unspecified atom stereocenters. The molecule has 17 heavy (non-hydrogen) atoms. The van der Waals surface area contributed by atoms with Crippen LogP contribution in [0.25, 0.3) is 0 Å². The van der Waals surface area contributed by atoms with E-state index in [0.29, 0.717) is 23.9 Å². The van der Waals surface area contributed by atoms with E-state index in [1.165, 1.54) is 0 Å². The first kappa shape index (κ1) is 13.7. The van der Waals surface area contributed by atoms with Gasteiger partial charge in [0.15, 0.2) is 0 Å². The lowest BCUT2D eigenvalue weighted by Gasteiger charge is -2.22. The minimum atomic E-state index is -1.18. The fourth-order valence-electron chi connectivity index (χ4n) is 1.24. The molecule has 0 aliphatic carbocycles. The van der Waals surface area contributed by atoms with E-state index in [1.54, 1.807) is 6.92 Å². The third kappa shape index (κ3) is 3.54. The number of nitrogens with zero attached hydrogens (tertiary/aromatic N) is 2. The van der Waals surface area contributed by atoms with Gasteiger partial charge in [0.25, 0.3) is 0 Å². The van der Waals surface area contributed by atoms with Crippen LogP contribution in [0.2, 0.25) is 0 Å². The summed E-state index contributed by atoms with van der Waals surface area (Å²) in [7, 11) is 0. The van der Waals surface area contributed by atoms with Crippen molar-refractivity contribution >= 4 is 11.6 Å². The molecule has 0 aromatic carbocycles. The summed E-state index contributed by atoms with van der Waals surface area (Å²) in [6.45, 7) is 5.17. The fraction of sp³-hybridized carbons (Fsp3) is 0.636. The molecule has 1 aromatic rings. The van der Waals surface area contributed by atoms with Crippen LogP contribution in [0.3, 0.4) is 0 Å². The van der Waals surface area contributed by atoms with E-state index in [0.717, 1.165) is 5.56 Å². The largest absolute Gasteiger partial charge is 0.393 e. The number of aromatic nitrogens is 2. The van der Waals surface area contributed by atoms with Crippen LogP contribution in [0.15, 0.2) is 0 Å². The first-order valence-corrected chi connectivity index (χ1v) is 5.59. The quantitative estimate of drug-likeness (QED) is 0.581. The third-order valence-corrected chi connectivity index (χ3v) is 2.52. The molecule has 5 N–H and O–H groups in total. The number of rotatable bonds is 5.